The van der Waals surface area contributed by atoms with E-state index in [1.54, 1.807) is 0 Å². The summed E-state index contributed by atoms with van der Waals surface area (Å²) in [5.41, 5.74) is 8.92. The summed E-state index contributed by atoms with van der Waals surface area (Å²) >= 11 is 0. The summed E-state index contributed by atoms with van der Waals surface area (Å²) in [5, 5.41) is 31.3. The van der Waals surface area contributed by atoms with Crippen LogP contribution in [0.15, 0.2) is 24.3 Å². The molecule has 0 radical (unpaired) electrons. The maximum atomic E-state index is 13.9. The van der Waals surface area contributed by atoms with E-state index in [2.05, 4.69) is 49.0 Å². The van der Waals surface area contributed by atoms with Crippen LogP contribution in [-0.4, -0.2) is 162 Å². The molecule has 0 heterocycles. The summed E-state index contributed by atoms with van der Waals surface area (Å²) in [6.07, 6.45) is 11.0. The van der Waals surface area contributed by atoms with Crippen molar-refractivity contribution in [3.8, 4) is 23.0 Å². The van der Waals surface area contributed by atoms with Crippen LogP contribution in [-0.2, 0) is 66.7 Å². The van der Waals surface area contributed by atoms with Crippen molar-refractivity contribution in [1.29, 1.82) is 0 Å². The van der Waals surface area contributed by atoms with Crippen molar-refractivity contribution in [2.24, 2.45) is 51.9 Å². The van der Waals surface area contributed by atoms with E-state index in [0.29, 0.717) is 44.4 Å². The molecule has 4 aliphatic rings. The molecule has 10 N–H and O–H groups in total. The first-order chi connectivity index (χ1) is 44.4. The van der Waals surface area contributed by atoms with Crippen LogP contribution in [0, 0.1) is 40.4 Å². The number of esters is 3. The van der Waals surface area contributed by atoms with Crippen molar-refractivity contribution in [3.05, 3.63) is 35.4 Å². The average Bonchev–Trinajstić information content (AvgIpc) is 1.68. The number of amides is 6. The predicted molar refractivity (Wildman–Crippen MR) is 340 cm³/mol. The number of ether oxygens (including phenoxy) is 9. The number of anilines is 2. The lowest BCUT2D eigenvalue weighted by atomic mass is 9.43. The molecule has 2 aromatic carbocycles. The second kappa shape index (κ2) is 35.8. The molecule has 26 heteroatoms. The highest BCUT2D eigenvalue weighted by atomic mass is 16.6. The van der Waals surface area contributed by atoms with Crippen LogP contribution in [0.25, 0.3) is 0 Å². The van der Waals surface area contributed by atoms with Crippen LogP contribution in [0.2, 0.25) is 0 Å². The van der Waals surface area contributed by atoms with Crippen molar-refractivity contribution in [2.45, 2.75) is 174 Å². The molecule has 4 saturated carbocycles. The zero-order valence-corrected chi connectivity index (χ0v) is 55.3. The third-order valence-electron chi connectivity index (χ3n) is 19.5. The van der Waals surface area contributed by atoms with Gasteiger partial charge in [-0.25, -0.2) is 0 Å². The fourth-order valence-electron chi connectivity index (χ4n) is 15.1. The van der Waals surface area contributed by atoms with Crippen LogP contribution in [0.5, 0.6) is 23.0 Å². The molecule has 26 nitrogen and oxygen atoms in total. The Morgan fingerprint density at radius 3 is 1.60 bits per heavy atom. The SMILES string of the molecule is CCCCCCC(C)(OC(=O)CCC(=O)NCCOCCOCC(=O)Nc1ccc(OC)c(C(N)=O)c1O)C1CCC2C3CC(OC(=O)CCC)C4CC(OC(=O)CCC(=O)NCCOCCOCC(=O)Nc5ccc(OC)c(C(N)=O)c5O)CCC4(C)C3CCC21C. The minimum absolute atomic E-state index is 0.0388. The number of hydrogen-bond donors (Lipinski definition) is 8. The minimum Gasteiger partial charge on any atom is -0.505 e. The summed E-state index contributed by atoms with van der Waals surface area (Å²) in [7, 11) is 2.62. The number of rotatable bonds is 39. The maximum Gasteiger partial charge on any atom is 0.306 e. The number of hydrogen-bond acceptors (Lipinski definition) is 20. The van der Waals surface area contributed by atoms with Gasteiger partial charge in [0.15, 0.2) is 11.5 Å². The van der Waals surface area contributed by atoms with E-state index in [4.69, 9.17) is 54.1 Å². The molecule has 10 unspecified atom stereocenters. The van der Waals surface area contributed by atoms with Crippen molar-refractivity contribution >= 4 is 64.7 Å². The number of carbonyl (C=O) groups is 9. The van der Waals surface area contributed by atoms with Gasteiger partial charge in [-0.15, -0.1) is 0 Å². The molecule has 93 heavy (non-hydrogen) atoms. The largest absolute Gasteiger partial charge is 0.505 e. The van der Waals surface area contributed by atoms with Gasteiger partial charge in [-0.2, -0.15) is 0 Å². The van der Waals surface area contributed by atoms with E-state index in [9.17, 15) is 53.4 Å². The molecule has 0 spiro atoms. The van der Waals surface area contributed by atoms with Crippen LogP contribution >= 0.6 is 0 Å². The van der Waals surface area contributed by atoms with E-state index in [0.717, 1.165) is 57.8 Å². The topological polar surface area (TPSA) is 377 Å². The zero-order valence-electron chi connectivity index (χ0n) is 55.3. The summed E-state index contributed by atoms with van der Waals surface area (Å²) in [6, 6.07) is 5.49. The standard InChI is InChI=1S/C67H100N6O20/c1-8-10-11-12-26-67(5,93-58(80)23-21-53(75)71-30-32-88-34-36-90-40-55(77)73-47-16-18-49(86-7)60(62(47)82)64(69)84)51-19-14-43-42-38-50(92-56(78)13-9-2)45-37-41(24-27-65(45,3)44(42)25-28-66(43,51)4)91-57(79)22-20-52(74)70-29-31-87-33-35-89-39-54(76)72-46-15-17-48(85-6)59(61(46)81)63(68)83/h15-18,41-45,50-51,81-82H,8-14,19-40H2,1-7H3,(H2,68,83)(H2,69,84)(H,70,74)(H,71,75)(H,72,76)(H,73,77). The Labute approximate surface area is 544 Å². The van der Waals surface area contributed by atoms with E-state index >= 15 is 0 Å². The predicted octanol–water partition coefficient (Wildman–Crippen LogP) is 6.91. The Kier molecular flexibility index (Phi) is 28.8. The number of nitrogens with one attached hydrogen (secondary N) is 4. The summed E-state index contributed by atoms with van der Waals surface area (Å²) in [6.45, 7) is 11.2. The Balaban J connectivity index is 0.929. The highest BCUT2D eigenvalue weighted by Gasteiger charge is 2.65. The maximum absolute atomic E-state index is 13.9. The second-order valence-corrected chi connectivity index (χ2v) is 25.6. The molecular formula is C67H100N6O20. The molecule has 6 amide bonds. The lowest BCUT2D eigenvalue weighted by molar-refractivity contribution is -0.204. The highest BCUT2D eigenvalue weighted by Crippen LogP contribution is 2.69. The number of nitrogens with two attached hydrogens (primary N) is 2. The lowest BCUT2D eigenvalue weighted by Gasteiger charge is -2.63. The van der Waals surface area contributed by atoms with Gasteiger partial charge in [0.2, 0.25) is 23.6 Å². The van der Waals surface area contributed by atoms with E-state index in [-0.39, 0.29) is 184 Å². The summed E-state index contributed by atoms with van der Waals surface area (Å²) in [4.78, 5) is 115. The molecule has 4 aliphatic carbocycles. The molecule has 6 rings (SSSR count). The van der Waals surface area contributed by atoms with E-state index in [1.165, 1.54) is 38.5 Å². The number of phenols is 2. The highest BCUT2D eigenvalue weighted by molar-refractivity contribution is 6.04. The molecule has 2 aromatic rings. The summed E-state index contributed by atoms with van der Waals surface area (Å²) < 4.78 is 51.1. The van der Waals surface area contributed by atoms with Gasteiger partial charge < -0.3 is 85.6 Å². The van der Waals surface area contributed by atoms with Gasteiger partial charge in [0.1, 0.15) is 53.6 Å². The quantitative estimate of drug-likeness (QED) is 0.0146. The number of methoxy groups -OCH3 is 2. The fraction of sp³-hybridized carbons (Fsp3) is 0.687. The van der Waals surface area contributed by atoms with Gasteiger partial charge in [-0.3, -0.25) is 43.2 Å². The lowest BCUT2D eigenvalue weighted by Crippen LogP contribution is -2.60. The average molecular weight is 1310 g/mol. The van der Waals surface area contributed by atoms with E-state index < -0.39 is 58.8 Å². The normalized spacial score (nSPS) is 23.5. The van der Waals surface area contributed by atoms with Crippen LogP contribution in [0.3, 0.4) is 0 Å². The first-order valence-electron chi connectivity index (χ1n) is 32.9. The Morgan fingerprint density at radius 2 is 1.08 bits per heavy atom. The molecule has 0 aliphatic heterocycles. The molecular weight excluding hydrogens is 1210 g/mol. The Bertz CT molecular complexity index is 2910. The number of primary amides is 2. The first kappa shape index (κ1) is 74.7. The van der Waals surface area contributed by atoms with Crippen LogP contribution < -0.4 is 42.2 Å². The number of benzene rings is 2. The minimum atomic E-state index is -0.930. The van der Waals surface area contributed by atoms with E-state index in [1.807, 2.05) is 6.92 Å². The number of carbonyl (C=O) groups excluding carboxylic acids is 9. The van der Waals surface area contributed by atoms with Crippen LogP contribution in [0.1, 0.15) is 177 Å². The summed E-state index contributed by atoms with van der Waals surface area (Å²) in [5.74, 6) is -4.89. The molecule has 4 fully saturated rings. The molecule has 0 bridgehead atoms. The second-order valence-electron chi connectivity index (χ2n) is 25.6. The van der Waals surface area contributed by atoms with Gasteiger partial charge in [0, 0.05) is 44.2 Å². The molecule has 0 saturated heterocycles. The van der Waals surface area contributed by atoms with Gasteiger partial charge in [-0.1, -0.05) is 47.0 Å². The Hall–Kier alpha value is -7.29. The molecule has 518 valence electrons. The van der Waals surface area contributed by atoms with Crippen molar-refractivity contribution in [2.75, 3.05) is 90.8 Å². The fourth-order valence-corrected chi connectivity index (χ4v) is 15.1. The number of aromatic hydroxyl groups is 2. The van der Waals surface area contributed by atoms with Crippen LogP contribution in [0.4, 0.5) is 11.4 Å². The molecule has 10 atom stereocenters. The zero-order chi connectivity index (χ0) is 67.9. The monoisotopic (exact) mass is 1310 g/mol. The van der Waals surface area contributed by atoms with Gasteiger partial charge in [-0.05, 0) is 130 Å². The van der Waals surface area contributed by atoms with Crippen molar-refractivity contribution in [3.63, 3.8) is 0 Å². The molecule has 0 aromatic heterocycles. The number of unbranched alkanes of at least 4 members (excludes halogenated alkanes) is 3. The van der Waals surface area contributed by atoms with Gasteiger partial charge >= 0.3 is 17.9 Å². The number of fused-ring (bicyclic) bond motifs is 5. The first-order valence-corrected chi connectivity index (χ1v) is 32.9. The van der Waals surface area contributed by atoms with Gasteiger partial charge in [0.25, 0.3) is 11.8 Å². The Morgan fingerprint density at radius 1 is 0.559 bits per heavy atom. The van der Waals surface area contributed by atoms with Crippen molar-refractivity contribution < 1.29 is 96.0 Å². The van der Waals surface area contributed by atoms with Crippen molar-refractivity contribution in [1.82, 2.24) is 10.6 Å². The van der Waals surface area contributed by atoms with Gasteiger partial charge in [0.05, 0.1) is 78.1 Å². The third kappa shape index (κ3) is 20.4. The smallest absolute Gasteiger partial charge is 0.306 e. The third-order valence-corrected chi connectivity index (χ3v) is 19.5.